The Morgan fingerprint density at radius 3 is 2.73 bits per heavy atom. The summed E-state index contributed by atoms with van der Waals surface area (Å²) in [5.41, 5.74) is 4.21. The Morgan fingerprint density at radius 1 is 1.12 bits per heavy atom. The summed E-state index contributed by atoms with van der Waals surface area (Å²) in [5, 5.41) is 1.82. The predicted octanol–water partition coefficient (Wildman–Crippen LogP) is 4.61. The number of fused-ring (bicyclic) bond motifs is 2. The van der Waals surface area contributed by atoms with Gasteiger partial charge in [-0.15, -0.1) is 11.3 Å². The maximum atomic E-state index is 12.0. The average molecular weight is 366 g/mol. The molecule has 3 aromatic heterocycles. The fourth-order valence-corrected chi connectivity index (χ4v) is 4.04. The van der Waals surface area contributed by atoms with Crippen LogP contribution in [0.2, 0.25) is 0 Å². The second kappa shape index (κ2) is 6.21. The summed E-state index contributed by atoms with van der Waals surface area (Å²) in [6.07, 6.45) is 1.51. The van der Waals surface area contributed by atoms with Gasteiger partial charge in [-0.05, 0) is 44.4 Å². The van der Waals surface area contributed by atoms with Crippen molar-refractivity contribution in [3.05, 3.63) is 62.1 Å². The van der Waals surface area contributed by atoms with Crippen LogP contribution in [0.5, 0.6) is 5.88 Å². The van der Waals surface area contributed by atoms with Crippen molar-refractivity contribution in [3.8, 4) is 5.88 Å². The van der Waals surface area contributed by atoms with E-state index in [1.165, 1.54) is 17.3 Å². The summed E-state index contributed by atoms with van der Waals surface area (Å²) in [6, 6.07) is 5.48. The molecule has 0 aliphatic rings. The predicted molar refractivity (Wildman–Crippen MR) is 103 cm³/mol. The highest BCUT2D eigenvalue weighted by molar-refractivity contribution is 7.18. The first-order valence-corrected chi connectivity index (χ1v) is 9.14. The lowest BCUT2D eigenvalue weighted by atomic mass is 10.0. The van der Waals surface area contributed by atoms with Gasteiger partial charge in [0.15, 0.2) is 0 Å². The molecule has 0 saturated carbocycles. The third-order valence-electron chi connectivity index (χ3n) is 4.81. The van der Waals surface area contributed by atoms with Crippen LogP contribution in [0.3, 0.4) is 0 Å². The normalized spacial score (nSPS) is 11.4. The number of hydrogen-bond donors (Lipinski definition) is 0. The van der Waals surface area contributed by atoms with E-state index in [9.17, 15) is 4.79 Å². The second-order valence-electron chi connectivity index (χ2n) is 6.41. The van der Waals surface area contributed by atoms with Gasteiger partial charge in [-0.1, -0.05) is 12.1 Å². The van der Waals surface area contributed by atoms with E-state index in [-0.39, 0.29) is 12.2 Å². The van der Waals surface area contributed by atoms with Crippen LogP contribution in [0.1, 0.15) is 27.1 Å². The summed E-state index contributed by atoms with van der Waals surface area (Å²) in [4.78, 5) is 22.7. The van der Waals surface area contributed by atoms with Crippen LogP contribution < -0.4 is 10.4 Å². The molecule has 0 N–H and O–H groups in total. The zero-order chi connectivity index (χ0) is 18.4. The Hall–Kier alpha value is -2.73. The van der Waals surface area contributed by atoms with E-state index in [0.29, 0.717) is 11.5 Å². The van der Waals surface area contributed by atoms with Crippen LogP contribution in [0.25, 0.3) is 21.2 Å². The van der Waals surface area contributed by atoms with Crippen LogP contribution in [-0.4, -0.2) is 9.97 Å². The van der Waals surface area contributed by atoms with Gasteiger partial charge in [0.05, 0.1) is 5.39 Å². The molecule has 5 nitrogen and oxygen atoms in total. The first-order chi connectivity index (χ1) is 12.5. The molecule has 0 radical (unpaired) electrons. The fourth-order valence-electron chi connectivity index (χ4n) is 3.05. The molecule has 0 aliphatic carbocycles. The van der Waals surface area contributed by atoms with Crippen molar-refractivity contribution < 1.29 is 9.15 Å². The first-order valence-electron chi connectivity index (χ1n) is 8.32. The monoisotopic (exact) mass is 366 g/mol. The van der Waals surface area contributed by atoms with Gasteiger partial charge in [0.25, 0.3) is 0 Å². The minimum absolute atomic E-state index is 0.241. The van der Waals surface area contributed by atoms with E-state index in [1.807, 2.05) is 32.9 Å². The molecule has 0 spiro atoms. The van der Waals surface area contributed by atoms with Crippen molar-refractivity contribution in [2.75, 3.05) is 0 Å². The molecule has 0 bridgehead atoms. The van der Waals surface area contributed by atoms with Gasteiger partial charge in [-0.25, -0.2) is 14.8 Å². The number of aryl methyl sites for hydroxylation is 4. The largest absolute Gasteiger partial charge is 0.472 e. The van der Waals surface area contributed by atoms with Crippen molar-refractivity contribution >= 4 is 32.5 Å². The van der Waals surface area contributed by atoms with E-state index >= 15 is 0 Å². The van der Waals surface area contributed by atoms with Gasteiger partial charge in [0.2, 0.25) is 5.88 Å². The lowest BCUT2D eigenvalue weighted by Gasteiger charge is -2.10. The molecule has 1 aromatic carbocycles. The van der Waals surface area contributed by atoms with Gasteiger partial charge < -0.3 is 9.15 Å². The number of thiophene rings is 1. The van der Waals surface area contributed by atoms with Crippen LogP contribution in [0, 0.1) is 27.7 Å². The molecule has 3 heterocycles. The molecule has 4 rings (SSSR count). The van der Waals surface area contributed by atoms with Crippen molar-refractivity contribution in [2.45, 2.75) is 34.3 Å². The second-order valence-corrected chi connectivity index (χ2v) is 7.61. The van der Waals surface area contributed by atoms with E-state index in [2.05, 4.69) is 16.9 Å². The number of ether oxygens (including phenoxy) is 1. The number of nitrogens with zero attached hydrogens (tertiary/aromatic N) is 2. The van der Waals surface area contributed by atoms with Gasteiger partial charge >= 0.3 is 5.63 Å². The Bertz CT molecular complexity index is 1210. The lowest BCUT2D eigenvalue weighted by molar-refractivity contribution is 0.298. The number of rotatable bonds is 3. The van der Waals surface area contributed by atoms with Crippen molar-refractivity contribution in [1.29, 1.82) is 0 Å². The molecule has 26 heavy (non-hydrogen) atoms. The summed E-state index contributed by atoms with van der Waals surface area (Å²) in [6.45, 7) is 8.30. The SMILES string of the molecule is Cc1ccc2c(COc3ncnc4sc(C)c(C)c34)cc(=O)oc2c1C. The highest BCUT2D eigenvalue weighted by Gasteiger charge is 2.15. The zero-order valence-electron chi connectivity index (χ0n) is 15.0. The highest BCUT2D eigenvalue weighted by atomic mass is 32.1. The van der Waals surface area contributed by atoms with Gasteiger partial charge in [0.1, 0.15) is 23.3 Å². The Labute approximate surface area is 154 Å². The Morgan fingerprint density at radius 2 is 1.92 bits per heavy atom. The summed E-state index contributed by atoms with van der Waals surface area (Å²) < 4.78 is 11.4. The van der Waals surface area contributed by atoms with E-state index in [1.54, 1.807) is 11.3 Å². The molecule has 6 heteroatoms. The molecule has 4 aromatic rings. The van der Waals surface area contributed by atoms with Crippen LogP contribution in [-0.2, 0) is 6.61 Å². The minimum atomic E-state index is -0.375. The summed E-state index contributed by atoms with van der Waals surface area (Å²) in [5.74, 6) is 0.544. The molecule has 0 fully saturated rings. The Balaban J connectivity index is 1.78. The lowest BCUT2D eigenvalue weighted by Crippen LogP contribution is -2.06. The number of aromatic nitrogens is 2. The molecule has 0 aliphatic heterocycles. The smallest absolute Gasteiger partial charge is 0.336 e. The topological polar surface area (TPSA) is 65.2 Å². The first kappa shape index (κ1) is 16.7. The summed E-state index contributed by atoms with van der Waals surface area (Å²) in [7, 11) is 0. The summed E-state index contributed by atoms with van der Waals surface area (Å²) >= 11 is 1.63. The standard InChI is InChI=1S/C20H18N2O3S/c1-10-5-6-15-14(7-16(23)25-18(15)11(10)2)8-24-19-17-12(3)13(4)26-20(17)22-9-21-19/h5-7,9H,8H2,1-4H3. The van der Waals surface area contributed by atoms with Crippen molar-refractivity contribution in [2.24, 2.45) is 0 Å². The fraction of sp³-hybridized carbons (Fsp3) is 0.250. The van der Waals surface area contributed by atoms with E-state index < -0.39 is 0 Å². The maximum Gasteiger partial charge on any atom is 0.336 e. The molecular formula is C20H18N2O3S. The van der Waals surface area contributed by atoms with Gasteiger partial charge in [0, 0.05) is 21.9 Å². The third-order valence-corrected chi connectivity index (χ3v) is 5.93. The number of benzene rings is 1. The highest BCUT2D eigenvalue weighted by Crippen LogP contribution is 2.34. The van der Waals surface area contributed by atoms with Gasteiger partial charge in [-0.3, -0.25) is 0 Å². The average Bonchev–Trinajstić information content (AvgIpc) is 2.91. The van der Waals surface area contributed by atoms with E-state index in [4.69, 9.17) is 9.15 Å². The minimum Gasteiger partial charge on any atom is -0.472 e. The third kappa shape index (κ3) is 2.66. The molecule has 0 atom stereocenters. The quantitative estimate of drug-likeness (QED) is 0.495. The molecule has 0 saturated heterocycles. The molecule has 132 valence electrons. The Kier molecular flexibility index (Phi) is 4.00. The molecular weight excluding hydrogens is 348 g/mol. The van der Waals surface area contributed by atoms with Crippen molar-refractivity contribution in [3.63, 3.8) is 0 Å². The van der Waals surface area contributed by atoms with E-state index in [0.717, 1.165) is 37.9 Å². The van der Waals surface area contributed by atoms with Crippen LogP contribution >= 0.6 is 11.3 Å². The van der Waals surface area contributed by atoms with Crippen molar-refractivity contribution in [1.82, 2.24) is 9.97 Å². The maximum absolute atomic E-state index is 12.0. The molecule has 0 amide bonds. The van der Waals surface area contributed by atoms with Crippen LogP contribution in [0.15, 0.2) is 33.7 Å². The zero-order valence-corrected chi connectivity index (χ0v) is 15.9. The number of hydrogen-bond acceptors (Lipinski definition) is 6. The molecule has 0 unspecified atom stereocenters. The van der Waals surface area contributed by atoms with Crippen LogP contribution in [0.4, 0.5) is 0 Å². The van der Waals surface area contributed by atoms with Gasteiger partial charge in [-0.2, -0.15) is 0 Å².